The minimum Gasteiger partial charge on any atom is -0.342 e. The molecule has 110 valence electrons. The Labute approximate surface area is 119 Å². The molecule has 2 saturated heterocycles. The van der Waals surface area contributed by atoms with Crippen LogP contribution in [0.5, 0.6) is 0 Å². The first-order valence-electron chi connectivity index (χ1n) is 7.59. The third-order valence-electron chi connectivity index (χ3n) is 4.49. The number of carbonyl (C=O) groups excluding carboxylic acids is 1. The van der Waals surface area contributed by atoms with Gasteiger partial charge in [0.2, 0.25) is 5.91 Å². The van der Waals surface area contributed by atoms with E-state index in [-0.39, 0.29) is 5.92 Å². The lowest BCUT2D eigenvalue weighted by Gasteiger charge is -2.35. The zero-order chi connectivity index (χ0) is 13.9. The summed E-state index contributed by atoms with van der Waals surface area (Å²) in [5.41, 5.74) is 0. The van der Waals surface area contributed by atoms with Crippen molar-refractivity contribution in [2.24, 2.45) is 13.0 Å². The van der Waals surface area contributed by atoms with Crippen LogP contribution in [0.15, 0.2) is 6.33 Å². The maximum absolute atomic E-state index is 12.6. The fraction of sp³-hybridized carbons (Fsp3) is 0.786. The van der Waals surface area contributed by atoms with Crippen molar-refractivity contribution in [2.45, 2.75) is 31.6 Å². The summed E-state index contributed by atoms with van der Waals surface area (Å²) in [4.78, 5) is 14.6. The summed E-state index contributed by atoms with van der Waals surface area (Å²) >= 11 is 0. The van der Waals surface area contributed by atoms with Crippen molar-refractivity contribution in [2.75, 3.05) is 26.2 Å². The van der Waals surface area contributed by atoms with E-state index >= 15 is 0 Å². The molecule has 1 aromatic rings. The van der Waals surface area contributed by atoms with Gasteiger partial charge < -0.3 is 14.8 Å². The van der Waals surface area contributed by atoms with E-state index < -0.39 is 0 Å². The summed E-state index contributed by atoms with van der Waals surface area (Å²) in [7, 11) is 1.97. The van der Waals surface area contributed by atoms with Gasteiger partial charge in [0, 0.05) is 32.6 Å². The van der Waals surface area contributed by atoms with Gasteiger partial charge in [-0.25, -0.2) is 0 Å². The van der Waals surface area contributed by atoms with Gasteiger partial charge in [-0.2, -0.15) is 0 Å². The number of aromatic nitrogens is 3. The fourth-order valence-corrected chi connectivity index (χ4v) is 3.37. The van der Waals surface area contributed by atoms with Crippen molar-refractivity contribution in [3.05, 3.63) is 12.2 Å². The molecule has 3 rings (SSSR count). The molecule has 1 amide bonds. The Kier molecular flexibility index (Phi) is 4.00. The molecule has 0 saturated carbocycles. The third-order valence-corrected chi connectivity index (χ3v) is 4.49. The summed E-state index contributed by atoms with van der Waals surface area (Å²) in [5, 5.41) is 11.5. The van der Waals surface area contributed by atoms with Gasteiger partial charge in [0.25, 0.3) is 0 Å². The van der Waals surface area contributed by atoms with Crippen LogP contribution in [0.4, 0.5) is 0 Å². The van der Waals surface area contributed by atoms with E-state index in [4.69, 9.17) is 0 Å². The fourth-order valence-electron chi connectivity index (χ4n) is 3.37. The Bertz CT molecular complexity index is 466. The van der Waals surface area contributed by atoms with Gasteiger partial charge in [-0.1, -0.05) is 0 Å². The largest absolute Gasteiger partial charge is 0.342 e. The topological polar surface area (TPSA) is 63.1 Å². The summed E-state index contributed by atoms with van der Waals surface area (Å²) in [6.45, 7) is 3.57. The average Bonchev–Trinajstić information content (AvgIpc) is 2.94. The normalized spacial score (nSPS) is 27.6. The Morgan fingerprint density at radius 2 is 2.30 bits per heavy atom. The number of rotatable bonds is 2. The second-order valence-electron chi connectivity index (χ2n) is 5.97. The van der Waals surface area contributed by atoms with Crippen LogP contribution >= 0.6 is 0 Å². The van der Waals surface area contributed by atoms with Crippen LogP contribution in [-0.4, -0.2) is 51.8 Å². The third kappa shape index (κ3) is 2.70. The number of piperidine rings is 2. The highest BCUT2D eigenvalue weighted by Gasteiger charge is 2.31. The maximum atomic E-state index is 12.6. The van der Waals surface area contributed by atoms with E-state index in [1.165, 1.54) is 0 Å². The quantitative estimate of drug-likeness (QED) is 0.856. The van der Waals surface area contributed by atoms with Crippen molar-refractivity contribution in [3.8, 4) is 0 Å². The second kappa shape index (κ2) is 5.91. The van der Waals surface area contributed by atoms with E-state index in [0.717, 1.165) is 57.7 Å². The van der Waals surface area contributed by atoms with Gasteiger partial charge in [0.15, 0.2) is 0 Å². The first-order valence-corrected chi connectivity index (χ1v) is 7.59. The minimum absolute atomic E-state index is 0.169. The molecule has 1 unspecified atom stereocenters. The molecule has 0 spiro atoms. The number of hydrogen-bond acceptors (Lipinski definition) is 4. The predicted octanol–water partition coefficient (Wildman–Crippen LogP) is 0.521. The lowest BCUT2D eigenvalue weighted by atomic mass is 9.93. The summed E-state index contributed by atoms with van der Waals surface area (Å²) < 4.78 is 1.97. The lowest BCUT2D eigenvalue weighted by molar-refractivity contribution is -0.137. The minimum atomic E-state index is 0.169. The van der Waals surface area contributed by atoms with Crippen LogP contribution in [0, 0.1) is 5.92 Å². The van der Waals surface area contributed by atoms with Crippen molar-refractivity contribution < 1.29 is 4.79 Å². The number of carbonyl (C=O) groups is 1. The van der Waals surface area contributed by atoms with Crippen molar-refractivity contribution >= 4 is 5.91 Å². The Morgan fingerprint density at radius 1 is 1.40 bits per heavy atom. The van der Waals surface area contributed by atoms with E-state index in [0.29, 0.717) is 11.8 Å². The van der Waals surface area contributed by atoms with Crippen LogP contribution in [-0.2, 0) is 11.8 Å². The van der Waals surface area contributed by atoms with Gasteiger partial charge in [-0.15, -0.1) is 10.2 Å². The molecule has 20 heavy (non-hydrogen) atoms. The molecule has 0 bridgehead atoms. The molecule has 6 heteroatoms. The van der Waals surface area contributed by atoms with Crippen LogP contribution in [0.25, 0.3) is 0 Å². The van der Waals surface area contributed by atoms with Crippen LogP contribution in [0.1, 0.15) is 37.4 Å². The molecule has 3 heterocycles. The van der Waals surface area contributed by atoms with Gasteiger partial charge in [-0.05, 0) is 32.2 Å². The van der Waals surface area contributed by atoms with E-state index in [1.54, 1.807) is 6.33 Å². The number of aryl methyl sites for hydroxylation is 1. The number of amides is 1. The molecular formula is C14H23N5O. The predicted molar refractivity (Wildman–Crippen MR) is 75.2 cm³/mol. The molecule has 0 aromatic carbocycles. The lowest BCUT2D eigenvalue weighted by Crippen LogP contribution is -2.46. The molecule has 2 atom stereocenters. The highest BCUT2D eigenvalue weighted by Crippen LogP contribution is 2.26. The molecule has 1 N–H and O–H groups in total. The zero-order valence-electron chi connectivity index (χ0n) is 12.1. The smallest absolute Gasteiger partial charge is 0.226 e. The Hall–Kier alpha value is -1.43. The molecule has 0 radical (unpaired) electrons. The van der Waals surface area contributed by atoms with E-state index in [2.05, 4.69) is 15.5 Å². The molecule has 2 aliphatic rings. The van der Waals surface area contributed by atoms with Gasteiger partial charge in [0.05, 0.1) is 5.92 Å². The maximum Gasteiger partial charge on any atom is 0.226 e. The summed E-state index contributed by atoms with van der Waals surface area (Å²) in [5.74, 6) is 1.83. The van der Waals surface area contributed by atoms with Crippen molar-refractivity contribution in [1.82, 2.24) is 25.0 Å². The Balaban J connectivity index is 1.65. The highest BCUT2D eigenvalue weighted by atomic mass is 16.2. The molecule has 2 aliphatic heterocycles. The molecule has 1 aromatic heterocycles. The summed E-state index contributed by atoms with van der Waals surface area (Å²) in [6.07, 6.45) is 6.03. The van der Waals surface area contributed by atoms with Gasteiger partial charge >= 0.3 is 0 Å². The average molecular weight is 277 g/mol. The number of likely N-dealkylation sites (tertiary alicyclic amines) is 1. The molecular weight excluding hydrogens is 254 g/mol. The van der Waals surface area contributed by atoms with E-state index in [9.17, 15) is 4.79 Å². The standard InChI is InChI=1S/C14H23N5O/c1-18-10-16-17-13(18)12-5-3-7-19(9-12)14(20)11-4-2-6-15-8-11/h10-12,15H,2-9H2,1H3/t11-,12?/m1/s1. The van der Waals surface area contributed by atoms with Crippen LogP contribution < -0.4 is 5.32 Å². The van der Waals surface area contributed by atoms with Crippen molar-refractivity contribution in [1.29, 1.82) is 0 Å². The number of nitrogens with zero attached hydrogens (tertiary/aromatic N) is 4. The monoisotopic (exact) mass is 277 g/mol. The highest BCUT2D eigenvalue weighted by molar-refractivity contribution is 5.79. The SMILES string of the molecule is Cn1cnnc1C1CCCN(C(=O)[C@@H]2CCCNC2)C1. The van der Waals surface area contributed by atoms with Crippen molar-refractivity contribution in [3.63, 3.8) is 0 Å². The van der Waals surface area contributed by atoms with Crippen LogP contribution in [0.3, 0.4) is 0 Å². The second-order valence-corrected chi connectivity index (χ2v) is 5.97. The Morgan fingerprint density at radius 3 is 3.00 bits per heavy atom. The molecule has 6 nitrogen and oxygen atoms in total. The summed E-state index contributed by atoms with van der Waals surface area (Å²) in [6, 6.07) is 0. The van der Waals surface area contributed by atoms with Crippen LogP contribution in [0.2, 0.25) is 0 Å². The zero-order valence-corrected chi connectivity index (χ0v) is 12.1. The van der Waals surface area contributed by atoms with Gasteiger partial charge in [0.1, 0.15) is 12.2 Å². The number of hydrogen-bond donors (Lipinski definition) is 1. The molecule has 2 fully saturated rings. The van der Waals surface area contributed by atoms with E-state index in [1.807, 2.05) is 16.5 Å². The van der Waals surface area contributed by atoms with Gasteiger partial charge in [-0.3, -0.25) is 4.79 Å². The first-order chi connectivity index (χ1) is 9.75. The number of nitrogens with one attached hydrogen (secondary N) is 1. The first kappa shape index (κ1) is 13.5. The molecule has 0 aliphatic carbocycles.